The summed E-state index contributed by atoms with van der Waals surface area (Å²) in [5.41, 5.74) is 1.27. The van der Waals surface area contributed by atoms with E-state index < -0.39 is 39.8 Å². The number of hydrogen-bond acceptors (Lipinski definition) is 8. The molecule has 5 atom stereocenters. The van der Waals surface area contributed by atoms with Gasteiger partial charge < -0.3 is 20.2 Å². The van der Waals surface area contributed by atoms with Crippen LogP contribution in [0.25, 0.3) is 0 Å². The molecule has 2 amide bonds. The largest absolute Gasteiger partial charge is 0.389 e. The molecule has 2 fully saturated rings. The lowest BCUT2D eigenvalue weighted by molar-refractivity contribution is -0.134. The number of sulfonamides is 1. The minimum Gasteiger partial charge on any atom is -0.389 e. The molecule has 2 aromatic carbocycles. The van der Waals surface area contributed by atoms with Gasteiger partial charge in [-0.1, -0.05) is 67.6 Å². The summed E-state index contributed by atoms with van der Waals surface area (Å²) in [4.78, 5) is 36.1. The molecule has 0 spiro atoms. The Balaban J connectivity index is 1.44. The number of nitrogens with one attached hydrogen (secondary N) is 2. The standard InChI is InChI=1S/C35H46N6O5S/c1-23-17-27(23)22-39(4)29-19-26(20-30(37-29)40(5)47(6,45)46)33(43)36-28(18-24-13-9-7-10-14-24)32(42)31-34(44)41(35(2,3)38-31)21-25-15-11-8-12-16-25/h7-16,19-20,23,27-28,31-32,38,42H,17-18,21-22H2,1-6H3,(H,36,43)/t23-,27+,28-,31?,32?/m0/s1. The minimum absolute atomic E-state index is 0.108. The summed E-state index contributed by atoms with van der Waals surface area (Å²) < 4.78 is 26.0. The number of pyridine rings is 1. The Labute approximate surface area is 278 Å². The van der Waals surface area contributed by atoms with E-state index in [9.17, 15) is 23.1 Å². The van der Waals surface area contributed by atoms with Crippen molar-refractivity contribution < 1.29 is 23.1 Å². The van der Waals surface area contributed by atoms with E-state index >= 15 is 0 Å². The van der Waals surface area contributed by atoms with Gasteiger partial charge in [0.25, 0.3) is 5.91 Å². The fraction of sp³-hybridized carbons (Fsp3) is 0.457. The van der Waals surface area contributed by atoms with E-state index in [0.717, 1.165) is 34.7 Å². The van der Waals surface area contributed by atoms with Crippen LogP contribution in [0.15, 0.2) is 72.8 Å². The van der Waals surface area contributed by atoms with Crippen LogP contribution >= 0.6 is 0 Å². The Morgan fingerprint density at radius 2 is 1.64 bits per heavy atom. The Morgan fingerprint density at radius 3 is 2.21 bits per heavy atom. The maximum absolute atomic E-state index is 14.0. The number of aliphatic hydroxyl groups excluding tert-OH is 1. The number of carbonyl (C=O) groups excluding carboxylic acids is 2. The van der Waals surface area contributed by atoms with Gasteiger partial charge in [-0.05, 0) is 61.8 Å². The van der Waals surface area contributed by atoms with E-state index in [1.54, 1.807) is 11.0 Å². The monoisotopic (exact) mass is 662 g/mol. The first kappa shape index (κ1) is 34.3. The van der Waals surface area contributed by atoms with Gasteiger partial charge in [0.2, 0.25) is 15.9 Å². The van der Waals surface area contributed by atoms with Crippen molar-refractivity contribution in [1.29, 1.82) is 0 Å². The first-order valence-electron chi connectivity index (χ1n) is 16.0. The summed E-state index contributed by atoms with van der Waals surface area (Å²) >= 11 is 0. The predicted octanol–water partition coefficient (Wildman–Crippen LogP) is 3.01. The Bertz CT molecular complexity index is 1690. The second-order valence-electron chi connectivity index (χ2n) is 13.5. The van der Waals surface area contributed by atoms with E-state index in [0.29, 0.717) is 24.2 Å². The highest BCUT2D eigenvalue weighted by atomic mass is 32.2. The molecule has 5 rings (SSSR count). The number of benzene rings is 2. The Kier molecular flexibility index (Phi) is 9.95. The van der Waals surface area contributed by atoms with E-state index in [-0.39, 0.29) is 23.7 Å². The van der Waals surface area contributed by atoms with Crippen molar-refractivity contribution in [2.75, 3.05) is 36.1 Å². The van der Waals surface area contributed by atoms with Crippen molar-refractivity contribution in [2.45, 2.75) is 64.0 Å². The molecule has 252 valence electrons. The van der Waals surface area contributed by atoms with Crippen LogP contribution in [0.3, 0.4) is 0 Å². The van der Waals surface area contributed by atoms with E-state index in [1.807, 2.05) is 86.5 Å². The van der Waals surface area contributed by atoms with Crippen LogP contribution in [0, 0.1) is 11.8 Å². The maximum Gasteiger partial charge on any atom is 0.251 e. The van der Waals surface area contributed by atoms with Crippen molar-refractivity contribution in [3.63, 3.8) is 0 Å². The number of rotatable bonds is 13. The van der Waals surface area contributed by atoms with Gasteiger partial charge in [-0.2, -0.15) is 0 Å². The molecule has 1 aliphatic carbocycles. The zero-order chi connectivity index (χ0) is 34.1. The van der Waals surface area contributed by atoms with Crippen LogP contribution in [0.2, 0.25) is 0 Å². The molecule has 11 nitrogen and oxygen atoms in total. The number of nitrogens with zero attached hydrogens (tertiary/aromatic N) is 4. The second-order valence-corrected chi connectivity index (χ2v) is 15.5. The normalized spacial score (nSPS) is 21.6. The van der Waals surface area contributed by atoms with Crippen LogP contribution in [0.5, 0.6) is 0 Å². The quantitative estimate of drug-likeness (QED) is 0.254. The van der Waals surface area contributed by atoms with Gasteiger partial charge in [-0.25, -0.2) is 13.4 Å². The molecule has 2 aliphatic rings. The lowest BCUT2D eigenvalue weighted by atomic mass is 9.95. The highest BCUT2D eigenvalue weighted by Gasteiger charge is 2.49. The maximum atomic E-state index is 14.0. The van der Waals surface area contributed by atoms with Crippen LogP contribution in [0.1, 0.15) is 48.7 Å². The van der Waals surface area contributed by atoms with Crippen molar-refractivity contribution in [1.82, 2.24) is 20.5 Å². The van der Waals surface area contributed by atoms with Gasteiger partial charge in [0.05, 0.1) is 24.1 Å². The van der Waals surface area contributed by atoms with E-state index in [1.165, 1.54) is 13.1 Å². The Hall–Kier alpha value is -4.00. The lowest BCUT2D eigenvalue weighted by Crippen LogP contribution is -2.55. The van der Waals surface area contributed by atoms with Crippen LogP contribution < -0.4 is 19.8 Å². The van der Waals surface area contributed by atoms with Gasteiger partial charge in [-0.15, -0.1) is 0 Å². The molecule has 0 radical (unpaired) electrons. The smallest absolute Gasteiger partial charge is 0.251 e. The molecule has 1 saturated carbocycles. The summed E-state index contributed by atoms with van der Waals surface area (Å²) in [7, 11) is -0.390. The number of amides is 2. The van der Waals surface area contributed by atoms with E-state index in [4.69, 9.17) is 0 Å². The lowest BCUT2D eigenvalue weighted by Gasteiger charge is -2.31. The fourth-order valence-corrected chi connectivity index (χ4v) is 6.54. The fourth-order valence-electron chi connectivity index (χ4n) is 6.10. The second kappa shape index (κ2) is 13.6. The van der Waals surface area contributed by atoms with Crippen LogP contribution in [0.4, 0.5) is 11.6 Å². The predicted molar refractivity (Wildman–Crippen MR) is 183 cm³/mol. The summed E-state index contributed by atoms with van der Waals surface area (Å²) in [6.07, 6.45) is 1.15. The summed E-state index contributed by atoms with van der Waals surface area (Å²) in [5, 5.41) is 18.1. The third-order valence-electron chi connectivity index (χ3n) is 9.32. The van der Waals surface area contributed by atoms with Crippen LogP contribution in [-0.2, 0) is 27.8 Å². The Morgan fingerprint density at radius 1 is 1.06 bits per heavy atom. The SMILES string of the molecule is C[C@H]1C[C@@H]1CN(C)c1cc(C(=O)N[C@@H](Cc2ccccc2)C(O)C2NC(C)(C)N(Cc3ccccc3)C2=O)cc(N(C)S(C)(=O)=O)n1. The number of hydrogen-bond donors (Lipinski definition) is 3. The van der Waals surface area contributed by atoms with Gasteiger partial charge in [0.1, 0.15) is 17.7 Å². The molecule has 1 aliphatic heterocycles. The molecule has 1 saturated heterocycles. The summed E-state index contributed by atoms with van der Waals surface area (Å²) in [5.74, 6) is 0.893. The number of aliphatic hydroxyl groups is 1. The average Bonchev–Trinajstić information content (AvgIpc) is 3.68. The molecular weight excluding hydrogens is 616 g/mol. The third-order valence-corrected chi connectivity index (χ3v) is 10.5. The topological polar surface area (TPSA) is 135 Å². The minimum atomic E-state index is -3.66. The zero-order valence-electron chi connectivity index (χ0n) is 27.9. The number of aromatic nitrogens is 1. The number of carbonyl (C=O) groups is 2. The van der Waals surface area contributed by atoms with Crippen LogP contribution in [-0.4, -0.2) is 86.0 Å². The van der Waals surface area contributed by atoms with Crippen molar-refractivity contribution >= 4 is 33.5 Å². The van der Waals surface area contributed by atoms with Gasteiger partial charge in [0.15, 0.2) is 0 Å². The molecule has 0 bridgehead atoms. The van der Waals surface area contributed by atoms with Crippen molar-refractivity contribution in [2.24, 2.45) is 11.8 Å². The van der Waals surface area contributed by atoms with Gasteiger partial charge in [0, 0.05) is 32.7 Å². The first-order chi connectivity index (χ1) is 22.1. The van der Waals surface area contributed by atoms with Gasteiger partial charge >= 0.3 is 0 Å². The highest BCUT2D eigenvalue weighted by Crippen LogP contribution is 2.38. The molecule has 3 aromatic rings. The molecule has 47 heavy (non-hydrogen) atoms. The van der Waals surface area contributed by atoms with Crippen molar-refractivity contribution in [3.8, 4) is 0 Å². The van der Waals surface area contributed by atoms with Crippen molar-refractivity contribution in [3.05, 3.63) is 89.5 Å². The zero-order valence-corrected chi connectivity index (χ0v) is 28.7. The van der Waals surface area contributed by atoms with Gasteiger partial charge in [-0.3, -0.25) is 19.2 Å². The molecule has 3 N–H and O–H groups in total. The average molecular weight is 663 g/mol. The molecule has 12 heteroatoms. The number of anilines is 2. The molecule has 1 aromatic heterocycles. The molecule has 2 heterocycles. The first-order valence-corrected chi connectivity index (χ1v) is 17.8. The third kappa shape index (κ3) is 8.11. The summed E-state index contributed by atoms with van der Waals surface area (Å²) in [6, 6.07) is 20.3. The highest BCUT2D eigenvalue weighted by molar-refractivity contribution is 7.92. The molecular formula is C35H46N6O5S. The molecule has 2 unspecified atom stereocenters. The van der Waals surface area contributed by atoms with E-state index in [2.05, 4.69) is 22.5 Å². The summed E-state index contributed by atoms with van der Waals surface area (Å²) in [6.45, 7) is 7.05.